The topological polar surface area (TPSA) is 48.5 Å². The van der Waals surface area contributed by atoms with Crippen LogP contribution in [0.5, 0.6) is 0 Å². The number of hydrogen-bond acceptors (Lipinski definition) is 4. The van der Waals surface area contributed by atoms with Crippen LogP contribution in [0.1, 0.15) is 22.4 Å². The van der Waals surface area contributed by atoms with Crippen molar-refractivity contribution in [1.82, 2.24) is 14.8 Å². The summed E-state index contributed by atoms with van der Waals surface area (Å²) in [6, 6.07) is 10.1. The number of amides is 1. The minimum Gasteiger partial charge on any atom is -0.325 e. The summed E-state index contributed by atoms with van der Waals surface area (Å²) in [5, 5.41) is 3.05. The van der Waals surface area contributed by atoms with Gasteiger partial charge in [-0.2, -0.15) is 0 Å². The lowest BCUT2D eigenvalue weighted by Crippen LogP contribution is -2.48. The van der Waals surface area contributed by atoms with Gasteiger partial charge < -0.3 is 5.32 Å². The lowest BCUT2D eigenvalue weighted by atomic mass is 10.1. The molecule has 2 heterocycles. The van der Waals surface area contributed by atoms with Crippen molar-refractivity contribution in [3.05, 3.63) is 58.9 Å². The van der Waals surface area contributed by atoms with Crippen molar-refractivity contribution in [3.63, 3.8) is 0 Å². The summed E-state index contributed by atoms with van der Waals surface area (Å²) < 4.78 is 0. The number of rotatable bonds is 5. The third-order valence-electron chi connectivity index (χ3n) is 5.20. The first-order valence-electron chi connectivity index (χ1n) is 9.24. The highest BCUT2D eigenvalue weighted by atomic mass is 16.2. The van der Waals surface area contributed by atoms with Crippen LogP contribution >= 0.6 is 0 Å². The third-order valence-corrected chi connectivity index (χ3v) is 5.20. The molecule has 3 rings (SSSR count). The Bertz CT molecular complexity index is 766. The van der Waals surface area contributed by atoms with Gasteiger partial charge >= 0.3 is 0 Å². The van der Waals surface area contributed by atoms with Crippen molar-refractivity contribution in [2.75, 3.05) is 38.0 Å². The first-order valence-corrected chi connectivity index (χ1v) is 9.24. The van der Waals surface area contributed by atoms with Crippen LogP contribution in [0.25, 0.3) is 0 Å². The molecule has 1 aromatic heterocycles. The number of aromatic nitrogens is 1. The second-order valence-electron chi connectivity index (χ2n) is 7.11. The lowest BCUT2D eigenvalue weighted by molar-refractivity contribution is -0.117. The van der Waals surface area contributed by atoms with E-state index < -0.39 is 0 Å². The highest BCUT2D eigenvalue weighted by molar-refractivity contribution is 5.93. The summed E-state index contributed by atoms with van der Waals surface area (Å²) in [4.78, 5) is 21.5. The van der Waals surface area contributed by atoms with Gasteiger partial charge in [-0.25, -0.2) is 0 Å². The molecule has 0 spiro atoms. The minimum atomic E-state index is 0.0627. The zero-order valence-electron chi connectivity index (χ0n) is 16.0. The van der Waals surface area contributed by atoms with E-state index in [4.69, 9.17) is 0 Å². The Morgan fingerprint density at radius 3 is 2.42 bits per heavy atom. The molecule has 1 aliphatic rings. The van der Waals surface area contributed by atoms with Gasteiger partial charge in [0.2, 0.25) is 5.91 Å². The molecule has 138 valence electrons. The quantitative estimate of drug-likeness (QED) is 0.899. The molecule has 0 unspecified atom stereocenters. The monoisotopic (exact) mass is 352 g/mol. The summed E-state index contributed by atoms with van der Waals surface area (Å²) in [6.45, 7) is 11.3. The first-order chi connectivity index (χ1) is 12.5. The van der Waals surface area contributed by atoms with Crippen LogP contribution in [-0.4, -0.2) is 53.4 Å². The average molecular weight is 352 g/mol. The molecule has 5 nitrogen and oxygen atoms in total. The van der Waals surface area contributed by atoms with Crippen molar-refractivity contribution in [2.45, 2.75) is 27.3 Å². The zero-order chi connectivity index (χ0) is 18.5. The number of anilines is 1. The molecule has 1 saturated heterocycles. The number of carbonyl (C=O) groups is 1. The van der Waals surface area contributed by atoms with Gasteiger partial charge in [0.25, 0.3) is 0 Å². The molecule has 0 saturated carbocycles. The molecule has 1 aliphatic heterocycles. The summed E-state index contributed by atoms with van der Waals surface area (Å²) >= 11 is 0. The summed E-state index contributed by atoms with van der Waals surface area (Å²) in [5.41, 5.74) is 5.63. The standard InChI is InChI=1S/C21H28N4O/c1-16-6-4-8-19(18(16)3)23-21(26)15-25-12-10-24(11-13-25)14-20-17(2)7-5-9-22-20/h4-9H,10-15H2,1-3H3,(H,23,26). The Kier molecular flexibility index (Phi) is 6.01. The normalized spacial score (nSPS) is 15.8. The van der Waals surface area contributed by atoms with Crippen LogP contribution in [0.15, 0.2) is 36.5 Å². The van der Waals surface area contributed by atoms with Crippen LogP contribution in [0.4, 0.5) is 5.69 Å². The van der Waals surface area contributed by atoms with Gasteiger partial charge in [-0.3, -0.25) is 19.6 Å². The molecule has 2 aromatic rings. The maximum Gasteiger partial charge on any atom is 0.238 e. The number of piperazine rings is 1. The Labute approximate surface area is 156 Å². The van der Waals surface area contributed by atoms with Crippen molar-refractivity contribution in [2.24, 2.45) is 0 Å². The Morgan fingerprint density at radius 1 is 1.00 bits per heavy atom. The average Bonchev–Trinajstić information content (AvgIpc) is 2.62. The van der Waals surface area contributed by atoms with E-state index in [9.17, 15) is 4.79 Å². The SMILES string of the molecule is Cc1cccnc1CN1CCN(CC(=O)Nc2cccc(C)c2C)CC1. The van der Waals surface area contributed by atoms with E-state index in [0.29, 0.717) is 6.54 Å². The van der Waals surface area contributed by atoms with Crippen LogP contribution in [0.3, 0.4) is 0 Å². The van der Waals surface area contributed by atoms with Crippen LogP contribution in [0.2, 0.25) is 0 Å². The highest BCUT2D eigenvalue weighted by Gasteiger charge is 2.20. The number of hydrogen-bond donors (Lipinski definition) is 1. The largest absolute Gasteiger partial charge is 0.325 e. The highest BCUT2D eigenvalue weighted by Crippen LogP contribution is 2.18. The molecule has 1 N–H and O–H groups in total. The van der Waals surface area contributed by atoms with Gasteiger partial charge in [-0.1, -0.05) is 18.2 Å². The van der Waals surface area contributed by atoms with E-state index in [1.165, 1.54) is 11.1 Å². The molecule has 0 aliphatic carbocycles. The van der Waals surface area contributed by atoms with Gasteiger partial charge in [-0.05, 0) is 49.6 Å². The van der Waals surface area contributed by atoms with Gasteiger partial charge in [0.1, 0.15) is 0 Å². The van der Waals surface area contributed by atoms with Crippen molar-refractivity contribution in [1.29, 1.82) is 0 Å². The fourth-order valence-electron chi connectivity index (χ4n) is 3.28. The molecular formula is C21H28N4O. The molecule has 1 amide bonds. The van der Waals surface area contributed by atoms with E-state index in [-0.39, 0.29) is 5.91 Å². The number of aryl methyl sites for hydroxylation is 2. The molecule has 5 heteroatoms. The van der Waals surface area contributed by atoms with E-state index in [2.05, 4.69) is 46.1 Å². The maximum absolute atomic E-state index is 12.4. The van der Waals surface area contributed by atoms with Gasteiger partial charge in [0, 0.05) is 44.6 Å². The predicted octanol–water partition coefficient (Wildman–Crippen LogP) is 2.76. The predicted molar refractivity (Wildman–Crippen MR) is 105 cm³/mol. The molecule has 26 heavy (non-hydrogen) atoms. The number of nitrogens with one attached hydrogen (secondary N) is 1. The smallest absolute Gasteiger partial charge is 0.238 e. The molecule has 1 fully saturated rings. The molecule has 1 aromatic carbocycles. The van der Waals surface area contributed by atoms with Gasteiger partial charge in [0.05, 0.1) is 12.2 Å². The van der Waals surface area contributed by atoms with Crippen molar-refractivity contribution >= 4 is 11.6 Å². The van der Waals surface area contributed by atoms with Crippen LogP contribution < -0.4 is 5.32 Å². The van der Waals surface area contributed by atoms with Crippen molar-refractivity contribution < 1.29 is 4.79 Å². The second-order valence-corrected chi connectivity index (χ2v) is 7.11. The van der Waals surface area contributed by atoms with E-state index >= 15 is 0 Å². The number of pyridine rings is 1. The zero-order valence-corrected chi connectivity index (χ0v) is 16.0. The fraction of sp³-hybridized carbons (Fsp3) is 0.429. The lowest BCUT2D eigenvalue weighted by Gasteiger charge is -2.34. The van der Waals surface area contributed by atoms with Gasteiger partial charge in [-0.15, -0.1) is 0 Å². The molecule has 0 radical (unpaired) electrons. The number of nitrogens with zero attached hydrogens (tertiary/aromatic N) is 3. The third kappa shape index (κ3) is 4.68. The summed E-state index contributed by atoms with van der Waals surface area (Å²) in [6.07, 6.45) is 1.86. The van der Waals surface area contributed by atoms with Gasteiger partial charge in [0.15, 0.2) is 0 Å². The Morgan fingerprint density at radius 2 is 1.69 bits per heavy atom. The minimum absolute atomic E-state index is 0.0627. The number of benzene rings is 1. The summed E-state index contributed by atoms with van der Waals surface area (Å²) in [7, 11) is 0. The van der Waals surface area contributed by atoms with E-state index in [1.807, 2.05) is 31.3 Å². The molecule has 0 atom stereocenters. The van der Waals surface area contributed by atoms with E-state index in [1.54, 1.807) is 0 Å². The van der Waals surface area contributed by atoms with Crippen LogP contribution in [0, 0.1) is 20.8 Å². The first kappa shape index (κ1) is 18.5. The fourth-order valence-corrected chi connectivity index (χ4v) is 3.28. The Hall–Kier alpha value is -2.24. The second kappa shape index (κ2) is 8.43. The maximum atomic E-state index is 12.4. The summed E-state index contributed by atoms with van der Waals surface area (Å²) in [5.74, 6) is 0.0627. The molecular weight excluding hydrogens is 324 g/mol. The van der Waals surface area contributed by atoms with E-state index in [0.717, 1.165) is 49.7 Å². The van der Waals surface area contributed by atoms with Crippen molar-refractivity contribution in [3.8, 4) is 0 Å². The Balaban J connectivity index is 1.47. The number of carbonyl (C=O) groups excluding carboxylic acids is 1. The van der Waals surface area contributed by atoms with Crippen LogP contribution in [-0.2, 0) is 11.3 Å². The molecule has 0 bridgehead atoms.